The lowest BCUT2D eigenvalue weighted by atomic mass is 10.1. The van der Waals surface area contributed by atoms with Gasteiger partial charge in [0, 0.05) is 27.3 Å². The number of ether oxygens (including phenoxy) is 2. The van der Waals surface area contributed by atoms with Gasteiger partial charge in [0.15, 0.2) is 0 Å². The number of unbranched alkanes of at least 4 members (excludes halogenated alkanes) is 1. The number of carbonyl (C=O) groups is 1. The maximum atomic E-state index is 12.5. The Morgan fingerprint density at radius 2 is 2.03 bits per heavy atom. The number of carbonyl (C=O) groups excluding carboxylic acids is 1. The van der Waals surface area contributed by atoms with Crippen LogP contribution in [0.3, 0.4) is 0 Å². The summed E-state index contributed by atoms with van der Waals surface area (Å²) in [7, 11) is -1.12. The van der Waals surface area contributed by atoms with E-state index in [1.807, 2.05) is 26.8 Å². The normalized spacial score (nSPS) is 12.6. The molecule has 0 saturated heterocycles. The molecule has 172 valence electrons. The lowest BCUT2D eigenvalue weighted by Crippen LogP contribution is -2.31. The first-order chi connectivity index (χ1) is 15.3. The van der Waals surface area contributed by atoms with E-state index < -0.39 is 22.9 Å². The van der Waals surface area contributed by atoms with Crippen LogP contribution in [0.5, 0.6) is 5.75 Å². The Morgan fingerprint density at radius 1 is 1.31 bits per heavy atom. The Hall–Kier alpha value is -2.08. The van der Waals surface area contributed by atoms with Crippen molar-refractivity contribution in [1.29, 1.82) is 5.26 Å². The number of aryl methyl sites for hydroxylation is 2. The molecule has 9 heteroatoms. The van der Waals surface area contributed by atoms with Crippen LogP contribution in [-0.4, -0.2) is 45.1 Å². The van der Waals surface area contributed by atoms with Crippen molar-refractivity contribution in [3.8, 4) is 11.8 Å². The molecule has 2 aromatic rings. The molecule has 32 heavy (non-hydrogen) atoms. The van der Waals surface area contributed by atoms with E-state index in [-0.39, 0.29) is 18.1 Å². The van der Waals surface area contributed by atoms with Gasteiger partial charge in [-0.25, -0.2) is 4.98 Å². The fourth-order valence-corrected chi connectivity index (χ4v) is 5.19. The number of rotatable bonds is 12. The van der Waals surface area contributed by atoms with E-state index in [0.717, 1.165) is 35.9 Å². The molecule has 0 aliphatic heterocycles. The van der Waals surface area contributed by atoms with Crippen molar-refractivity contribution in [1.82, 2.24) is 4.98 Å². The highest BCUT2D eigenvalue weighted by Gasteiger charge is 2.20. The molecule has 0 N–H and O–H groups in total. The second-order valence-electron chi connectivity index (χ2n) is 7.20. The van der Waals surface area contributed by atoms with Gasteiger partial charge in [-0.1, -0.05) is 36.7 Å². The number of halogens is 1. The third-order valence-corrected chi connectivity index (χ3v) is 7.08. The van der Waals surface area contributed by atoms with Crippen LogP contribution < -0.4 is 4.74 Å². The molecular weight excluding hydrogens is 468 g/mol. The van der Waals surface area contributed by atoms with Crippen molar-refractivity contribution in [2.45, 2.75) is 44.7 Å². The van der Waals surface area contributed by atoms with Crippen LogP contribution in [0.4, 0.5) is 0 Å². The summed E-state index contributed by atoms with van der Waals surface area (Å²) >= 11 is 7.05. The molecule has 2 unspecified atom stereocenters. The quantitative estimate of drug-likeness (QED) is 0.307. The number of aromatic nitrogens is 1. The highest BCUT2D eigenvalue weighted by Crippen LogP contribution is 2.24. The van der Waals surface area contributed by atoms with Gasteiger partial charge >= 0.3 is 5.97 Å². The SMILES string of the molecule is CCCCS(=O)CC(COc1ccc(Cl)cc1)OC(=O)CSc1nc(C)cc(C)c1C#N. The monoisotopic (exact) mass is 494 g/mol. The Kier molecular flexibility index (Phi) is 11.0. The molecule has 6 nitrogen and oxygen atoms in total. The van der Waals surface area contributed by atoms with Crippen LogP contribution in [0, 0.1) is 25.2 Å². The summed E-state index contributed by atoms with van der Waals surface area (Å²) in [6, 6.07) is 10.8. The van der Waals surface area contributed by atoms with Crippen LogP contribution in [0.25, 0.3) is 0 Å². The van der Waals surface area contributed by atoms with E-state index in [9.17, 15) is 14.3 Å². The molecule has 0 radical (unpaired) electrons. The summed E-state index contributed by atoms with van der Waals surface area (Å²) in [5, 5.41) is 10.5. The average Bonchev–Trinajstić information content (AvgIpc) is 2.75. The number of nitriles is 1. The summed E-state index contributed by atoms with van der Waals surface area (Å²) in [5.74, 6) is 0.858. The molecule has 1 aromatic heterocycles. The molecule has 2 rings (SSSR count). The number of nitrogens with zero attached hydrogens (tertiary/aromatic N) is 2. The zero-order valence-electron chi connectivity index (χ0n) is 18.4. The first kappa shape index (κ1) is 26.2. The second kappa shape index (κ2) is 13.5. The molecule has 0 amide bonds. The molecule has 1 aromatic carbocycles. The first-order valence-corrected chi connectivity index (χ1v) is 13.1. The molecular formula is C23H27ClN2O4S2. The maximum Gasteiger partial charge on any atom is 0.316 e. The van der Waals surface area contributed by atoms with E-state index in [0.29, 0.717) is 27.1 Å². The zero-order chi connectivity index (χ0) is 23.5. The van der Waals surface area contributed by atoms with Crippen LogP contribution in [0.1, 0.15) is 36.6 Å². The fourth-order valence-electron chi connectivity index (χ4n) is 2.82. The highest BCUT2D eigenvalue weighted by atomic mass is 35.5. The van der Waals surface area contributed by atoms with Crippen molar-refractivity contribution in [2.24, 2.45) is 0 Å². The summed E-state index contributed by atoms with van der Waals surface area (Å²) in [6.07, 6.45) is 1.13. The van der Waals surface area contributed by atoms with Gasteiger partial charge in [0.2, 0.25) is 0 Å². The van der Waals surface area contributed by atoms with Gasteiger partial charge in [0.05, 0.1) is 17.1 Å². The lowest BCUT2D eigenvalue weighted by Gasteiger charge is -2.18. The second-order valence-corrected chi connectivity index (χ2v) is 10.2. The van der Waals surface area contributed by atoms with Gasteiger partial charge in [-0.2, -0.15) is 5.26 Å². The number of benzene rings is 1. The predicted molar refractivity (Wildman–Crippen MR) is 129 cm³/mol. The molecule has 0 fully saturated rings. The predicted octanol–water partition coefficient (Wildman–Crippen LogP) is 4.86. The Labute approximate surface area is 201 Å². The molecule has 1 heterocycles. The zero-order valence-corrected chi connectivity index (χ0v) is 20.8. The van der Waals surface area contributed by atoms with Crippen molar-refractivity contribution < 1.29 is 18.5 Å². The summed E-state index contributed by atoms with van der Waals surface area (Å²) in [4.78, 5) is 16.9. The number of hydrogen-bond acceptors (Lipinski definition) is 7. The number of hydrogen-bond donors (Lipinski definition) is 0. The molecule has 0 aliphatic rings. The lowest BCUT2D eigenvalue weighted by molar-refractivity contribution is -0.146. The van der Waals surface area contributed by atoms with Crippen molar-refractivity contribution in [3.63, 3.8) is 0 Å². The van der Waals surface area contributed by atoms with E-state index >= 15 is 0 Å². The third kappa shape index (κ3) is 8.81. The minimum atomic E-state index is -1.12. The van der Waals surface area contributed by atoms with Crippen LogP contribution in [-0.2, 0) is 20.3 Å². The highest BCUT2D eigenvalue weighted by molar-refractivity contribution is 7.99. The molecule has 0 saturated carbocycles. The number of pyridine rings is 1. The van der Waals surface area contributed by atoms with Gasteiger partial charge < -0.3 is 9.47 Å². The van der Waals surface area contributed by atoms with E-state index in [2.05, 4.69) is 11.1 Å². The Bertz CT molecular complexity index is 977. The van der Waals surface area contributed by atoms with E-state index in [1.165, 1.54) is 0 Å². The van der Waals surface area contributed by atoms with Crippen LogP contribution in [0.2, 0.25) is 5.02 Å². The van der Waals surface area contributed by atoms with E-state index in [1.54, 1.807) is 24.3 Å². The maximum absolute atomic E-state index is 12.5. The number of thioether (sulfide) groups is 1. The van der Waals surface area contributed by atoms with Crippen molar-refractivity contribution in [2.75, 3.05) is 23.9 Å². The molecule has 0 spiro atoms. The van der Waals surface area contributed by atoms with Gasteiger partial charge in [0.1, 0.15) is 29.6 Å². The minimum Gasteiger partial charge on any atom is -0.490 e. The molecule has 0 bridgehead atoms. The van der Waals surface area contributed by atoms with Crippen LogP contribution in [0.15, 0.2) is 35.4 Å². The summed E-state index contributed by atoms with van der Waals surface area (Å²) < 4.78 is 23.7. The van der Waals surface area contributed by atoms with Crippen molar-refractivity contribution in [3.05, 3.63) is 52.2 Å². The fraction of sp³-hybridized carbons (Fsp3) is 0.435. The van der Waals surface area contributed by atoms with Gasteiger partial charge in [0.25, 0.3) is 0 Å². The molecule has 2 atom stereocenters. The standard InChI is InChI=1S/C23H27ClN2O4S2/c1-4-5-10-32(28)15-20(13-29-19-8-6-18(24)7-9-19)30-22(27)14-31-23-21(12-25)16(2)11-17(3)26-23/h6-9,11,20H,4-5,10,13-15H2,1-3H3. The number of esters is 1. The van der Waals surface area contributed by atoms with Gasteiger partial charge in [-0.3, -0.25) is 9.00 Å². The average molecular weight is 495 g/mol. The van der Waals surface area contributed by atoms with Crippen molar-refractivity contribution >= 4 is 40.1 Å². The Balaban J connectivity index is 2.00. The minimum absolute atomic E-state index is 0.0103. The smallest absolute Gasteiger partial charge is 0.316 e. The Morgan fingerprint density at radius 3 is 2.69 bits per heavy atom. The van der Waals surface area contributed by atoms with Gasteiger partial charge in [-0.15, -0.1) is 0 Å². The van der Waals surface area contributed by atoms with Crippen LogP contribution >= 0.6 is 23.4 Å². The summed E-state index contributed by atoms with van der Waals surface area (Å²) in [5.41, 5.74) is 2.05. The molecule has 0 aliphatic carbocycles. The van der Waals surface area contributed by atoms with E-state index in [4.69, 9.17) is 21.1 Å². The largest absolute Gasteiger partial charge is 0.490 e. The first-order valence-electron chi connectivity index (χ1n) is 10.3. The topological polar surface area (TPSA) is 89.3 Å². The summed E-state index contributed by atoms with van der Waals surface area (Å²) in [6.45, 7) is 5.80. The third-order valence-electron chi connectivity index (χ3n) is 4.40. The van der Waals surface area contributed by atoms with Gasteiger partial charge in [-0.05, 0) is 56.2 Å².